The van der Waals surface area contributed by atoms with Crippen LogP contribution in [0.4, 0.5) is 0 Å². The molecule has 2 N–H and O–H groups in total. The zero-order valence-corrected chi connectivity index (χ0v) is 55.5. The molecule has 8 unspecified atom stereocenters. The molecule has 14 heteroatoms. The number of ether oxygens (including phenoxy) is 3. The molecule has 8 saturated heterocycles. The summed E-state index contributed by atoms with van der Waals surface area (Å²) in [6.07, 6.45) is 45.0. The second kappa shape index (κ2) is 39.5. The Bertz CT molecular complexity index is 1490. The fourth-order valence-corrected chi connectivity index (χ4v) is 11.0. The van der Waals surface area contributed by atoms with Gasteiger partial charge in [0.2, 0.25) is 0 Å². The summed E-state index contributed by atoms with van der Waals surface area (Å²) in [6, 6.07) is 6.19. The van der Waals surface area contributed by atoms with Crippen LogP contribution in [-0.2, 0) is 141 Å². The van der Waals surface area contributed by atoms with Gasteiger partial charge in [0, 0.05) is 175 Å². The largest absolute Gasteiger partial charge is 0.508 e. The van der Waals surface area contributed by atoms with Gasteiger partial charge in [0.1, 0.15) is 41.3 Å². The van der Waals surface area contributed by atoms with E-state index in [4.69, 9.17) is 19.3 Å². The summed E-state index contributed by atoms with van der Waals surface area (Å²) in [5.74, 6) is 3.69. The summed E-state index contributed by atoms with van der Waals surface area (Å²) in [6.45, 7) is 12.0. The molecule has 0 amide bonds. The number of allylic oxidation sites excluding steroid dienone is 12. The van der Waals surface area contributed by atoms with E-state index in [1.807, 2.05) is 47.6 Å². The van der Waals surface area contributed by atoms with Crippen LogP contribution in [0.2, 0.25) is 0 Å². The van der Waals surface area contributed by atoms with Crippen LogP contribution in [-0.4, -0.2) is 131 Å². The zero-order valence-electron chi connectivity index (χ0n) is 45.2. The quantitative estimate of drug-likeness (QED) is 0.200. The third kappa shape index (κ3) is 21.9. The fourth-order valence-electron chi connectivity index (χ4n) is 11.0. The Morgan fingerprint density at radius 1 is 0.386 bits per heavy atom. The van der Waals surface area contributed by atoms with Gasteiger partial charge in [-0.2, -0.15) is 0 Å². The van der Waals surface area contributed by atoms with Gasteiger partial charge >= 0.3 is 0 Å². The number of rotatable bonds is 6. The molecule has 0 aromatic carbocycles. The third-order valence-electron chi connectivity index (χ3n) is 15.0. The van der Waals surface area contributed by atoms with E-state index < -0.39 is 0 Å². The number of aliphatic hydroxyl groups excluding tert-OH is 2. The van der Waals surface area contributed by atoms with Gasteiger partial charge in [-0.1, -0.05) is 65.8 Å². The van der Waals surface area contributed by atoms with Crippen LogP contribution >= 0.6 is 0 Å². The molecule has 70 heavy (non-hydrogen) atoms. The molecule has 4 saturated carbocycles. The Balaban J connectivity index is -0.000000776. The molecule has 16 aliphatic rings. The number of hydrogen-bond acceptors (Lipinski definition) is 9. The maximum absolute atomic E-state index is 9.20. The molecule has 0 spiro atoms. The minimum atomic E-state index is 0. The van der Waals surface area contributed by atoms with Gasteiger partial charge in [0.25, 0.3) is 0 Å². The Hall–Kier alpha value is 1.11. The van der Waals surface area contributed by atoms with E-state index in [1.165, 1.54) is 64.2 Å². The molecule has 16 rings (SSSR count). The van der Waals surface area contributed by atoms with Crippen molar-refractivity contribution in [1.82, 2.24) is 19.6 Å². The molecule has 8 aliphatic heterocycles. The summed E-state index contributed by atoms with van der Waals surface area (Å²) in [7, 11) is 8.88. The number of nitrogens with zero attached hydrogens (tertiary/aromatic N) is 4. The molecule has 0 aromatic rings. The van der Waals surface area contributed by atoms with Crippen molar-refractivity contribution >= 4 is 0 Å². The maximum Gasteiger partial charge on any atom is 0.115 e. The van der Waals surface area contributed by atoms with E-state index in [-0.39, 0.29) is 148 Å². The Labute approximate surface area is 520 Å². The van der Waals surface area contributed by atoms with Crippen molar-refractivity contribution in [1.29, 1.82) is 0 Å². The molecular weight excluding hydrogens is 1310 g/mol. The first-order valence-corrected chi connectivity index (χ1v) is 25.4. The van der Waals surface area contributed by atoms with Crippen LogP contribution < -0.4 is 0 Å². The van der Waals surface area contributed by atoms with Gasteiger partial charge in [-0.15, -0.1) is 0 Å². The average molecular weight is 1400 g/mol. The second-order valence-electron chi connectivity index (χ2n) is 18.6. The summed E-state index contributed by atoms with van der Waals surface area (Å²) >= 11 is 0. The van der Waals surface area contributed by atoms with E-state index in [1.54, 1.807) is 12.2 Å². The molecular formula is C56H94N4O5Pd3Y2-2. The minimum Gasteiger partial charge on any atom is -0.508 e. The van der Waals surface area contributed by atoms with Crippen LogP contribution in [0.25, 0.3) is 0 Å². The monoisotopic (exact) mass is 1400 g/mol. The number of hydrogen-bond donors (Lipinski definition) is 2. The molecule has 406 valence electrons. The summed E-state index contributed by atoms with van der Waals surface area (Å²) in [5.41, 5.74) is 0. The first-order chi connectivity index (χ1) is 30.6. The molecule has 12 fully saturated rings. The van der Waals surface area contributed by atoms with Crippen LogP contribution in [0.3, 0.4) is 0 Å². The number of fused-ring (bicyclic) bond motifs is 8. The smallest absolute Gasteiger partial charge is 0.115 e. The molecule has 9 nitrogen and oxygen atoms in total. The van der Waals surface area contributed by atoms with Crippen LogP contribution in [0.5, 0.6) is 0 Å². The van der Waals surface area contributed by atoms with Crippen molar-refractivity contribution in [2.24, 2.45) is 0 Å². The van der Waals surface area contributed by atoms with E-state index >= 15 is 0 Å². The fraction of sp³-hybridized carbons (Fsp3) is 0.679. The summed E-state index contributed by atoms with van der Waals surface area (Å²) in [5, 5.41) is 17.7. The average Bonchev–Trinajstić information content (AvgIpc) is 4.21. The van der Waals surface area contributed by atoms with Crippen LogP contribution in [0.1, 0.15) is 144 Å². The van der Waals surface area contributed by atoms with Crippen molar-refractivity contribution < 1.29 is 151 Å². The van der Waals surface area contributed by atoms with Crippen molar-refractivity contribution in [2.45, 2.75) is 217 Å². The van der Waals surface area contributed by atoms with Crippen LogP contribution in [0.15, 0.2) is 95.9 Å². The Morgan fingerprint density at radius 2 is 0.614 bits per heavy atom. The van der Waals surface area contributed by atoms with E-state index in [0.29, 0.717) is 36.2 Å². The second-order valence-corrected chi connectivity index (χ2v) is 18.6. The molecule has 8 atom stereocenters. The number of aliphatic hydroxyl groups is 2. The first-order valence-electron chi connectivity index (χ1n) is 25.4. The van der Waals surface area contributed by atoms with Gasteiger partial charge in [0.15, 0.2) is 0 Å². The van der Waals surface area contributed by atoms with Crippen molar-refractivity contribution in [2.75, 3.05) is 28.2 Å². The van der Waals surface area contributed by atoms with Gasteiger partial charge < -0.3 is 58.9 Å². The van der Waals surface area contributed by atoms with E-state index in [0.717, 1.165) is 92.1 Å². The predicted molar refractivity (Wildman–Crippen MR) is 274 cm³/mol. The molecule has 8 bridgehead atoms. The van der Waals surface area contributed by atoms with Gasteiger partial charge in [-0.25, -0.2) is 0 Å². The molecule has 2 radical (unpaired) electrons. The van der Waals surface area contributed by atoms with E-state index in [2.05, 4.69) is 102 Å². The molecule has 8 aliphatic carbocycles. The van der Waals surface area contributed by atoms with Gasteiger partial charge in [-0.05, 0) is 180 Å². The molecule has 0 aromatic heterocycles. The summed E-state index contributed by atoms with van der Waals surface area (Å²) in [4.78, 5) is 9.88. The Kier molecular flexibility index (Phi) is 42.5. The number of piperidine rings is 4. The van der Waals surface area contributed by atoms with Gasteiger partial charge in [0.05, 0.1) is 6.10 Å². The normalized spacial score (nSPS) is 32.7. The predicted octanol–water partition coefficient (Wildman–Crippen LogP) is 11.8. The summed E-state index contributed by atoms with van der Waals surface area (Å²) < 4.78 is 17.8. The zero-order chi connectivity index (χ0) is 45.5. The maximum atomic E-state index is 9.20. The van der Waals surface area contributed by atoms with Crippen molar-refractivity contribution in [3.05, 3.63) is 111 Å². The third-order valence-corrected chi connectivity index (χ3v) is 15.0. The van der Waals surface area contributed by atoms with Gasteiger partial charge in [-0.3, -0.25) is 0 Å². The van der Waals surface area contributed by atoms with Crippen molar-refractivity contribution in [3.8, 4) is 0 Å². The topological polar surface area (TPSA) is 81.1 Å². The molecule has 8 heterocycles. The Morgan fingerprint density at radius 3 is 0.771 bits per heavy atom. The minimum absolute atomic E-state index is 0. The van der Waals surface area contributed by atoms with E-state index in [9.17, 15) is 5.11 Å². The van der Waals surface area contributed by atoms with Crippen molar-refractivity contribution in [3.63, 3.8) is 0 Å². The SMILES string of the molecule is CC.CC.CC.CN1C2CC(O)CC1C2.CN1C2CC(OC3=CCC=C3)CC1C2.CN1C2CC(OC3=CCC=C3)CC1C2.CN1C2CC(OC3=CCC=C3)CC1C2.OC1=CCC=C1.[CH3-].[CH3-].[Pd].[Pd].[Pd].[Y].[Y]. The first kappa shape index (κ1) is 75.4. The van der Waals surface area contributed by atoms with Crippen LogP contribution in [0, 0.1) is 14.9 Å². The standard InChI is InChI=1S/3C12H17NO.C7H13NO.C5H6O.3C2H6.2CH3.3Pd.2Y/c3*1-13-9-6-10(13)8-12(7-9)14-11-4-2-3-5-11;1-8-5-2-6(8)4-7(9)3-5;6-5-3-1-2-4-5;3*1-2;;;;;;;/h3*2,4-5,9-10,12H,3,6-8H2,1H3;5-7,9H,2-4H2,1H3;1,3-4,6H,2H2;3*1-2H3;2*1H3;;;;;/q;;;;;;;;2*-1;;;;;.